The molecule has 0 aliphatic carbocycles. The van der Waals surface area contributed by atoms with Crippen LogP contribution in [0.25, 0.3) is 0 Å². The number of hydrogen-bond donors (Lipinski definition) is 1. The highest BCUT2D eigenvalue weighted by Crippen LogP contribution is 2.37. The van der Waals surface area contributed by atoms with Gasteiger partial charge in [-0.2, -0.15) is 0 Å². The minimum atomic E-state index is 0.184. The Morgan fingerprint density at radius 3 is 2.45 bits per heavy atom. The first-order valence-corrected chi connectivity index (χ1v) is 7.20. The van der Waals surface area contributed by atoms with Crippen LogP contribution in [0.4, 0.5) is 0 Å². The Hall–Kier alpha value is -1.80. The maximum atomic E-state index is 5.87. The van der Waals surface area contributed by atoms with E-state index >= 15 is 0 Å². The van der Waals surface area contributed by atoms with Gasteiger partial charge in [-0.3, -0.25) is 0 Å². The molecule has 0 aromatic heterocycles. The van der Waals surface area contributed by atoms with Crippen molar-refractivity contribution in [3.05, 3.63) is 64.2 Å². The predicted octanol–water partition coefficient (Wildman–Crippen LogP) is 3.55. The second-order valence-electron chi connectivity index (χ2n) is 5.46. The molecular formula is C18H21NO. The van der Waals surface area contributed by atoms with Gasteiger partial charge in [-0.15, -0.1) is 0 Å². The molecule has 3 rings (SSSR count). The molecule has 2 heteroatoms. The van der Waals surface area contributed by atoms with E-state index in [1.807, 2.05) is 7.05 Å². The Balaban J connectivity index is 2.14. The highest BCUT2D eigenvalue weighted by atomic mass is 16.5. The smallest absolute Gasteiger partial charge is 0.127 e. The van der Waals surface area contributed by atoms with Crippen LogP contribution in [-0.4, -0.2) is 13.7 Å². The molecule has 2 nitrogen and oxygen atoms in total. The Morgan fingerprint density at radius 1 is 1.05 bits per heavy atom. The molecular weight excluding hydrogens is 246 g/mol. The van der Waals surface area contributed by atoms with E-state index in [9.17, 15) is 0 Å². The Morgan fingerprint density at radius 2 is 1.75 bits per heavy atom. The highest BCUT2D eigenvalue weighted by Gasteiger charge is 2.24. The second-order valence-corrected chi connectivity index (χ2v) is 5.46. The van der Waals surface area contributed by atoms with Gasteiger partial charge < -0.3 is 10.1 Å². The van der Waals surface area contributed by atoms with Crippen molar-refractivity contribution in [1.29, 1.82) is 0 Å². The lowest BCUT2D eigenvalue weighted by atomic mass is 9.90. The van der Waals surface area contributed by atoms with Crippen molar-refractivity contribution in [2.75, 3.05) is 13.7 Å². The fourth-order valence-electron chi connectivity index (χ4n) is 3.21. The second kappa shape index (κ2) is 5.29. The zero-order chi connectivity index (χ0) is 14.1. The summed E-state index contributed by atoms with van der Waals surface area (Å²) in [4.78, 5) is 0. The summed E-state index contributed by atoms with van der Waals surface area (Å²) in [7, 11) is 2.02. The largest absolute Gasteiger partial charge is 0.493 e. The molecule has 2 aromatic rings. The van der Waals surface area contributed by atoms with Crippen LogP contribution in [0.2, 0.25) is 0 Å². The lowest BCUT2D eigenvalue weighted by Gasteiger charge is -2.23. The van der Waals surface area contributed by atoms with Crippen molar-refractivity contribution in [2.24, 2.45) is 0 Å². The molecule has 0 saturated carbocycles. The van der Waals surface area contributed by atoms with Crippen LogP contribution in [0.1, 0.15) is 33.9 Å². The van der Waals surface area contributed by atoms with Crippen molar-refractivity contribution in [1.82, 2.24) is 5.32 Å². The van der Waals surface area contributed by atoms with Crippen LogP contribution in [0.3, 0.4) is 0 Å². The molecule has 1 unspecified atom stereocenters. The van der Waals surface area contributed by atoms with E-state index in [1.54, 1.807) is 0 Å². The number of benzene rings is 2. The molecule has 104 valence electrons. The lowest BCUT2D eigenvalue weighted by molar-refractivity contribution is 0.351. The SMILES string of the molecule is CNC(c1cccc2c1OCC2)c1c(C)cccc1C. The predicted molar refractivity (Wildman–Crippen MR) is 82.5 cm³/mol. The zero-order valence-electron chi connectivity index (χ0n) is 12.4. The average molecular weight is 267 g/mol. The van der Waals surface area contributed by atoms with Crippen LogP contribution >= 0.6 is 0 Å². The van der Waals surface area contributed by atoms with E-state index in [2.05, 4.69) is 55.6 Å². The van der Waals surface area contributed by atoms with Crippen molar-refractivity contribution >= 4 is 0 Å². The van der Waals surface area contributed by atoms with Gasteiger partial charge in [-0.1, -0.05) is 36.4 Å². The van der Waals surface area contributed by atoms with Gasteiger partial charge >= 0.3 is 0 Å². The molecule has 20 heavy (non-hydrogen) atoms. The first-order valence-electron chi connectivity index (χ1n) is 7.20. The third-order valence-electron chi connectivity index (χ3n) is 4.18. The van der Waals surface area contributed by atoms with E-state index in [0.717, 1.165) is 18.8 Å². The summed E-state index contributed by atoms with van der Waals surface area (Å²) >= 11 is 0. The van der Waals surface area contributed by atoms with E-state index in [1.165, 1.54) is 27.8 Å². The van der Waals surface area contributed by atoms with E-state index in [-0.39, 0.29) is 6.04 Å². The number of nitrogens with one attached hydrogen (secondary N) is 1. The molecule has 1 N–H and O–H groups in total. The molecule has 0 amide bonds. The van der Waals surface area contributed by atoms with E-state index in [4.69, 9.17) is 4.74 Å². The molecule has 1 aliphatic rings. The van der Waals surface area contributed by atoms with Crippen molar-refractivity contribution < 1.29 is 4.74 Å². The number of ether oxygens (including phenoxy) is 1. The number of aryl methyl sites for hydroxylation is 2. The molecule has 0 spiro atoms. The van der Waals surface area contributed by atoms with Gasteiger partial charge in [0.25, 0.3) is 0 Å². The molecule has 0 fully saturated rings. The molecule has 2 aromatic carbocycles. The maximum absolute atomic E-state index is 5.87. The van der Waals surface area contributed by atoms with Gasteiger partial charge in [0.05, 0.1) is 12.6 Å². The fourth-order valence-corrected chi connectivity index (χ4v) is 3.21. The number of para-hydroxylation sites is 1. The van der Waals surface area contributed by atoms with Gasteiger partial charge in [0.15, 0.2) is 0 Å². The summed E-state index contributed by atoms with van der Waals surface area (Å²) in [6, 6.07) is 13.1. The van der Waals surface area contributed by atoms with Crippen molar-refractivity contribution in [3.8, 4) is 5.75 Å². The van der Waals surface area contributed by atoms with Crippen molar-refractivity contribution in [3.63, 3.8) is 0 Å². The first kappa shape index (κ1) is 13.2. The molecule has 0 bridgehead atoms. The van der Waals surface area contributed by atoms with Crippen LogP contribution in [0, 0.1) is 13.8 Å². The Bertz CT molecular complexity index is 613. The highest BCUT2D eigenvalue weighted by molar-refractivity contribution is 5.51. The van der Waals surface area contributed by atoms with Gasteiger partial charge in [0, 0.05) is 12.0 Å². The van der Waals surface area contributed by atoms with Crippen LogP contribution < -0.4 is 10.1 Å². The minimum absolute atomic E-state index is 0.184. The summed E-state index contributed by atoms with van der Waals surface area (Å²) in [6.45, 7) is 5.16. The first-order chi connectivity index (χ1) is 9.72. The minimum Gasteiger partial charge on any atom is -0.493 e. The molecule has 0 radical (unpaired) electrons. The quantitative estimate of drug-likeness (QED) is 0.918. The fraction of sp³-hybridized carbons (Fsp3) is 0.333. The summed E-state index contributed by atoms with van der Waals surface area (Å²) in [5, 5.41) is 3.47. The molecule has 1 aliphatic heterocycles. The van der Waals surface area contributed by atoms with Crippen LogP contribution in [-0.2, 0) is 6.42 Å². The number of rotatable bonds is 3. The molecule has 1 heterocycles. The van der Waals surface area contributed by atoms with Crippen LogP contribution in [0.5, 0.6) is 5.75 Å². The average Bonchev–Trinajstić information content (AvgIpc) is 2.91. The number of fused-ring (bicyclic) bond motifs is 1. The Labute approximate surface area is 120 Å². The standard InChI is InChI=1S/C18H21NO/c1-12-6-4-7-13(2)16(12)17(19-3)15-9-5-8-14-10-11-20-18(14)15/h4-9,17,19H,10-11H2,1-3H3. The maximum Gasteiger partial charge on any atom is 0.127 e. The number of hydrogen-bond acceptors (Lipinski definition) is 2. The lowest BCUT2D eigenvalue weighted by Crippen LogP contribution is -2.20. The van der Waals surface area contributed by atoms with Gasteiger partial charge in [0.1, 0.15) is 5.75 Å². The third-order valence-corrected chi connectivity index (χ3v) is 4.18. The summed E-state index contributed by atoms with van der Waals surface area (Å²) in [5.74, 6) is 1.08. The van der Waals surface area contributed by atoms with Crippen molar-refractivity contribution in [2.45, 2.75) is 26.3 Å². The summed E-state index contributed by atoms with van der Waals surface area (Å²) in [6.07, 6.45) is 1.02. The summed E-state index contributed by atoms with van der Waals surface area (Å²) < 4.78 is 5.87. The van der Waals surface area contributed by atoms with Crippen LogP contribution in [0.15, 0.2) is 36.4 Å². The van der Waals surface area contributed by atoms with Gasteiger partial charge in [-0.25, -0.2) is 0 Å². The van der Waals surface area contributed by atoms with E-state index in [0.29, 0.717) is 0 Å². The molecule has 1 atom stereocenters. The molecule has 0 saturated heterocycles. The van der Waals surface area contributed by atoms with Gasteiger partial charge in [-0.05, 0) is 43.1 Å². The summed E-state index contributed by atoms with van der Waals surface area (Å²) in [5.41, 5.74) is 6.58. The zero-order valence-corrected chi connectivity index (χ0v) is 12.4. The Kier molecular flexibility index (Phi) is 3.49. The van der Waals surface area contributed by atoms with Gasteiger partial charge in [0.2, 0.25) is 0 Å². The van der Waals surface area contributed by atoms with E-state index < -0.39 is 0 Å². The topological polar surface area (TPSA) is 21.3 Å². The normalized spacial score (nSPS) is 14.8. The monoisotopic (exact) mass is 267 g/mol. The third kappa shape index (κ3) is 2.10.